The number of rotatable bonds is 5. The van der Waals surface area contributed by atoms with Crippen molar-refractivity contribution in [2.24, 2.45) is 11.1 Å². The molecule has 2 aromatic heterocycles. The maximum Gasteiger partial charge on any atom is 0.276 e. The number of para-hydroxylation sites is 1. The maximum atomic E-state index is 14.4. The summed E-state index contributed by atoms with van der Waals surface area (Å²) in [6, 6.07) is 7.92. The lowest BCUT2D eigenvalue weighted by molar-refractivity contribution is 0.102. The van der Waals surface area contributed by atoms with E-state index in [0.717, 1.165) is 47.9 Å². The first-order valence-corrected chi connectivity index (χ1v) is 11.6. The van der Waals surface area contributed by atoms with Crippen molar-refractivity contribution in [2.75, 3.05) is 23.3 Å². The molecule has 190 valence electrons. The van der Waals surface area contributed by atoms with Crippen molar-refractivity contribution in [1.82, 2.24) is 19.6 Å². The molecule has 4 aromatic rings. The lowest BCUT2D eigenvalue weighted by Crippen LogP contribution is -2.30. The third kappa shape index (κ3) is 3.77. The van der Waals surface area contributed by atoms with E-state index in [1.165, 1.54) is 18.3 Å². The van der Waals surface area contributed by atoms with Gasteiger partial charge in [0.05, 0.1) is 25.8 Å². The summed E-state index contributed by atoms with van der Waals surface area (Å²) in [5.74, 6) is -2.87. The van der Waals surface area contributed by atoms with Crippen molar-refractivity contribution >= 4 is 28.2 Å². The minimum Gasteiger partial charge on any atom is -0.367 e. The Kier molecular flexibility index (Phi) is 4.16. The summed E-state index contributed by atoms with van der Waals surface area (Å²) in [4.78, 5) is 27.8. The predicted molar refractivity (Wildman–Crippen MR) is 135 cm³/mol. The molecule has 1 atom stereocenters. The van der Waals surface area contributed by atoms with E-state index in [0.29, 0.717) is 28.8 Å². The first kappa shape index (κ1) is 18.2. The van der Waals surface area contributed by atoms with Crippen LogP contribution in [0.5, 0.6) is 0 Å². The highest BCUT2D eigenvalue weighted by atomic mass is 19.1. The molecule has 11 heteroatoms. The van der Waals surface area contributed by atoms with Gasteiger partial charge < -0.3 is 16.0 Å². The molecule has 2 aromatic carbocycles. The third-order valence-electron chi connectivity index (χ3n) is 7.18. The number of nitrogens with zero attached hydrogens (tertiary/aromatic N) is 5. The summed E-state index contributed by atoms with van der Waals surface area (Å²) < 4.78 is 69.6. The van der Waals surface area contributed by atoms with Gasteiger partial charge >= 0.3 is 0 Å². The molecule has 1 amide bonds. The van der Waals surface area contributed by atoms with Crippen LogP contribution >= 0.6 is 0 Å². The average molecular weight is 511 g/mol. The van der Waals surface area contributed by atoms with Crippen LogP contribution in [0.3, 0.4) is 0 Å². The van der Waals surface area contributed by atoms with Gasteiger partial charge in [-0.05, 0) is 50.0 Å². The SMILES string of the molecule is [2H]C([2H])([2H])C([2H])([2H])n1ncc2c(N3C[C@H](N)C4(CC4)C3)c(NC(=O)c3ccc(=O)n(-c4c(F)cccc4F)n3)ccc21. The molecule has 37 heavy (non-hydrogen) atoms. The molecule has 2 aliphatic rings. The lowest BCUT2D eigenvalue weighted by Gasteiger charge is -2.23. The number of fused-ring (bicyclic) bond motifs is 1. The van der Waals surface area contributed by atoms with E-state index in [-0.39, 0.29) is 28.4 Å². The fourth-order valence-corrected chi connectivity index (χ4v) is 5.04. The van der Waals surface area contributed by atoms with Gasteiger partial charge in [0.1, 0.15) is 11.4 Å². The number of amides is 1. The number of hydrogen-bond donors (Lipinski definition) is 2. The van der Waals surface area contributed by atoms with Crippen LogP contribution in [0.4, 0.5) is 20.2 Å². The van der Waals surface area contributed by atoms with Gasteiger partial charge in [-0.2, -0.15) is 14.9 Å². The Labute approximate surface area is 217 Å². The molecule has 1 aliphatic heterocycles. The minimum absolute atomic E-state index is 0.0897. The fourth-order valence-electron chi connectivity index (χ4n) is 5.04. The Morgan fingerprint density at radius 3 is 2.70 bits per heavy atom. The molecule has 1 spiro atoms. The molecule has 0 radical (unpaired) electrons. The van der Waals surface area contributed by atoms with Gasteiger partial charge in [0.25, 0.3) is 11.5 Å². The van der Waals surface area contributed by atoms with Crippen molar-refractivity contribution in [1.29, 1.82) is 0 Å². The summed E-state index contributed by atoms with van der Waals surface area (Å²) in [5, 5.41) is 11.1. The van der Waals surface area contributed by atoms with E-state index in [9.17, 15) is 18.4 Å². The number of carbonyl (C=O) groups excluding carboxylic acids is 1. The Morgan fingerprint density at radius 2 is 2.00 bits per heavy atom. The van der Waals surface area contributed by atoms with Crippen LogP contribution < -0.4 is 21.5 Å². The largest absolute Gasteiger partial charge is 0.367 e. The molecule has 6 rings (SSSR count). The van der Waals surface area contributed by atoms with Gasteiger partial charge in [-0.15, -0.1) is 0 Å². The van der Waals surface area contributed by atoms with Gasteiger partial charge in [-0.3, -0.25) is 14.3 Å². The lowest BCUT2D eigenvalue weighted by atomic mass is 10.0. The summed E-state index contributed by atoms with van der Waals surface area (Å²) >= 11 is 0. The first-order valence-electron chi connectivity index (χ1n) is 14.1. The Morgan fingerprint density at radius 1 is 1.22 bits per heavy atom. The van der Waals surface area contributed by atoms with Crippen molar-refractivity contribution in [2.45, 2.75) is 32.2 Å². The van der Waals surface area contributed by atoms with E-state index in [1.807, 2.05) is 4.90 Å². The van der Waals surface area contributed by atoms with Crippen LogP contribution in [0.1, 0.15) is 37.0 Å². The van der Waals surface area contributed by atoms with Crippen molar-refractivity contribution < 1.29 is 20.4 Å². The minimum atomic E-state index is -3.01. The second kappa shape index (κ2) is 8.48. The van der Waals surface area contributed by atoms with E-state index in [1.54, 1.807) is 0 Å². The Bertz CT molecular complexity index is 1780. The highest BCUT2D eigenvalue weighted by Gasteiger charge is 2.54. The molecular formula is C26H25F2N7O2. The molecule has 9 nitrogen and oxygen atoms in total. The first-order chi connectivity index (χ1) is 19.7. The van der Waals surface area contributed by atoms with Crippen molar-refractivity contribution in [3.63, 3.8) is 0 Å². The number of hydrogen-bond acceptors (Lipinski definition) is 6. The smallest absolute Gasteiger partial charge is 0.276 e. The zero-order chi connectivity index (χ0) is 30.2. The van der Waals surface area contributed by atoms with Gasteiger partial charge in [-0.1, -0.05) is 6.07 Å². The van der Waals surface area contributed by atoms with Crippen LogP contribution in [0.25, 0.3) is 16.6 Å². The molecule has 3 heterocycles. The number of nitrogens with two attached hydrogens (primary N) is 1. The van der Waals surface area contributed by atoms with Crippen LogP contribution in [-0.2, 0) is 6.50 Å². The number of nitrogens with one attached hydrogen (secondary N) is 1. The molecule has 0 bridgehead atoms. The number of aryl methyl sites for hydroxylation is 1. The molecule has 0 unspecified atom stereocenters. The van der Waals surface area contributed by atoms with E-state index >= 15 is 0 Å². The number of aromatic nitrogens is 4. The fraction of sp³-hybridized carbons (Fsp3) is 0.308. The molecule has 1 aliphatic carbocycles. The zero-order valence-electron chi connectivity index (χ0n) is 24.4. The van der Waals surface area contributed by atoms with Gasteiger partial charge in [-0.25, -0.2) is 8.78 Å². The number of carbonyl (C=O) groups is 1. The molecule has 1 saturated heterocycles. The molecule has 3 N–H and O–H groups in total. The molecule has 1 saturated carbocycles. The normalized spacial score (nSPS) is 20.8. The summed E-state index contributed by atoms with van der Waals surface area (Å²) in [5.41, 5.74) is 5.38. The standard InChI is InChI=1S/C26H25F2N7O2/c1-2-34-20-8-6-18(23(15(20)12-30-34)33-13-21(29)26(14-33)10-11-26)31-25(37)19-7-9-22(36)35(32-19)24-16(27)4-3-5-17(24)28/h3-9,12,21H,2,10-11,13-14,29H2,1H3,(H,31,37)/t21-/m0/s1/i1D3,2D2. The zero-order valence-corrected chi connectivity index (χ0v) is 19.4. The second-order valence-corrected chi connectivity index (χ2v) is 9.41. The third-order valence-corrected chi connectivity index (χ3v) is 7.18. The predicted octanol–water partition coefficient (Wildman–Crippen LogP) is 3.06. The summed E-state index contributed by atoms with van der Waals surface area (Å²) in [7, 11) is 0. The summed E-state index contributed by atoms with van der Waals surface area (Å²) in [6.07, 6.45) is 3.20. The van der Waals surface area contributed by atoms with E-state index in [4.69, 9.17) is 12.6 Å². The highest BCUT2D eigenvalue weighted by Crippen LogP contribution is 2.54. The number of benzene rings is 2. The molecule has 2 fully saturated rings. The van der Waals surface area contributed by atoms with Gasteiger partial charge in [0, 0.05) is 46.6 Å². The maximum absolute atomic E-state index is 14.4. The van der Waals surface area contributed by atoms with E-state index in [2.05, 4.69) is 15.5 Å². The van der Waals surface area contributed by atoms with Crippen molar-refractivity contribution in [3.8, 4) is 5.69 Å². The highest BCUT2D eigenvalue weighted by molar-refractivity contribution is 6.09. The second-order valence-electron chi connectivity index (χ2n) is 9.41. The quantitative estimate of drug-likeness (QED) is 0.427. The topological polar surface area (TPSA) is 111 Å². The van der Waals surface area contributed by atoms with Gasteiger partial charge in [0.15, 0.2) is 11.6 Å². The van der Waals surface area contributed by atoms with Crippen LogP contribution in [-0.4, -0.2) is 44.6 Å². The summed E-state index contributed by atoms with van der Waals surface area (Å²) in [6.45, 7) is -4.85. The number of anilines is 2. The number of halogens is 2. The Hall–Kier alpha value is -4.12. The Balaban J connectivity index is 1.43. The molecular weight excluding hydrogens is 480 g/mol. The monoisotopic (exact) mass is 510 g/mol. The van der Waals surface area contributed by atoms with E-state index < -0.39 is 42.1 Å². The van der Waals surface area contributed by atoms with Crippen LogP contribution in [0.15, 0.2) is 53.5 Å². The van der Waals surface area contributed by atoms with Crippen LogP contribution in [0, 0.1) is 17.0 Å². The van der Waals surface area contributed by atoms with Crippen LogP contribution in [0.2, 0.25) is 0 Å². The average Bonchev–Trinajstić information content (AvgIpc) is 3.45. The van der Waals surface area contributed by atoms with Gasteiger partial charge in [0.2, 0.25) is 0 Å². The van der Waals surface area contributed by atoms with Crippen molar-refractivity contribution in [3.05, 3.63) is 76.3 Å².